The molecule has 0 fully saturated rings. The summed E-state index contributed by atoms with van der Waals surface area (Å²) in [6.07, 6.45) is 19.4. The highest BCUT2D eigenvalue weighted by molar-refractivity contribution is 5.43. The average molecular weight is 196 g/mol. The lowest BCUT2D eigenvalue weighted by atomic mass is 9.68. The molecule has 0 heterocycles. The van der Waals surface area contributed by atoms with Crippen molar-refractivity contribution in [2.45, 2.75) is 13.3 Å². The second-order valence-electron chi connectivity index (χ2n) is 4.66. The second kappa shape index (κ2) is 3.37. The van der Waals surface area contributed by atoms with Crippen LogP contribution in [0, 0.1) is 17.8 Å². The minimum Gasteiger partial charge on any atom is -0.0836 e. The van der Waals surface area contributed by atoms with E-state index < -0.39 is 0 Å². The van der Waals surface area contributed by atoms with Gasteiger partial charge in [0, 0.05) is 11.8 Å². The first-order valence-electron chi connectivity index (χ1n) is 5.79. The highest BCUT2D eigenvalue weighted by Gasteiger charge is 2.31. The molecular formula is C15H16. The lowest BCUT2D eigenvalue weighted by molar-refractivity contribution is 0.475. The van der Waals surface area contributed by atoms with Gasteiger partial charge in [-0.05, 0) is 17.9 Å². The van der Waals surface area contributed by atoms with E-state index in [2.05, 4.69) is 55.5 Å². The summed E-state index contributed by atoms with van der Waals surface area (Å²) in [4.78, 5) is 0. The van der Waals surface area contributed by atoms with Gasteiger partial charge < -0.3 is 0 Å². The fourth-order valence-electron chi connectivity index (χ4n) is 2.95. The van der Waals surface area contributed by atoms with Crippen LogP contribution in [-0.2, 0) is 0 Å². The van der Waals surface area contributed by atoms with Crippen LogP contribution in [0.5, 0.6) is 0 Å². The zero-order valence-corrected chi connectivity index (χ0v) is 9.06. The Balaban J connectivity index is 2.06. The average Bonchev–Trinajstić information content (AvgIpc) is 2.30. The van der Waals surface area contributed by atoms with E-state index >= 15 is 0 Å². The molecule has 0 heteroatoms. The summed E-state index contributed by atoms with van der Waals surface area (Å²) in [6, 6.07) is 0. The van der Waals surface area contributed by atoms with Crippen LogP contribution in [0.4, 0.5) is 0 Å². The number of hydrogen-bond donors (Lipinski definition) is 0. The van der Waals surface area contributed by atoms with Crippen molar-refractivity contribution in [3.8, 4) is 0 Å². The van der Waals surface area contributed by atoms with Crippen molar-refractivity contribution in [3.63, 3.8) is 0 Å². The number of allylic oxidation sites excluding steroid dienone is 10. The topological polar surface area (TPSA) is 0 Å². The highest BCUT2D eigenvalue weighted by Crippen LogP contribution is 2.42. The van der Waals surface area contributed by atoms with E-state index in [-0.39, 0.29) is 0 Å². The van der Waals surface area contributed by atoms with Gasteiger partial charge in [0.1, 0.15) is 0 Å². The maximum absolute atomic E-state index is 2.46. The Kier molecular flexibility index (Phi) is 2.02. The molecule has 0 spiro atoms. The molecule has 76 valence electrons. The van der Waals surface area contributed by atoms with Crippen molar-refractivity contribution in [1.29, 1.82) is 0 Å². The largest absolute Gasteiger partial charge is 0.0836 e. The molecule has 0 nitrogen and oxygen atoms in total. The molecule has 0 bridgehead atoms. The van der Waals surface area contributed by atoms with E-state index in [1.807, 2.05) is 0 Å². The molecule has 3 aliphatic carbocycles. The molecule has 0 aromatic rings. The molecule has 3 rings (SSSR count). The summed E-state index contributed by atoms with van der Waals surface area (Å²) < 4.78 is 0. The number of hydrogen-bond acceptors (Lipinski definition) is 0. The van der Waals surface area contributed by atoms with Crippen molar-refractivity contribution in [3.05, 3.63) is 59.8 Å². The maximum Gasteiger partial charge on any atom is 0.00813 e. The van der Waals surface area contributed by atoms with Gasteiger partial charge in [0.05, 0.1) is 0 Å². The first-order valence-corrected chi connectivity index (χ1v) is 5.79. The number of fused-ring (bicyclic) bond motifs is 2. The zero-order valence-electron chi connectivity index (χ0n) is 9.06. The lowest BCUT2D eigenvalue weighted by Gasteiger charge is -2.36. The van der Waals surface area contributed by atoms with Crippen LogP contribution in [0.15, 0.2) is 59.8 Å². The highest BCUT2D eigenvalue weighted by atomic mass is 14.3. The molecule has 0 saturated carbocycles. The molecule has 3 unspecified atom stereocenters. The van der Waals surface area contributed by atoms with Crippen LogP contribution in [-0.4, -0.2) is 0 Å². The fourth-order valence-corrected chi connectivity index (χ4v) is 2.95. The van der Waals surface area contributed by atoms with Gasteiger partial charge in [-0.25, -0.2) is 0 Å². The normalized spacial score (nSPS) is 36.7. The fraction of sp³-hybridized carbons (Fsp3) is 0.333. The van der Waals surface area contributed by atoms with Crippen LogP contribution in [0.25, 0.3) is 0 Å². The SMILES string of the molecule is CC1C2=CC=CCC2C=C2C=CC=CC21. The monoisotopic (exact) mass is 196 g/mol. The van der Waals surface area contributed by atoms with E-state index in [1.165, 1.54) is 12.0 Å². The molecule has 0 aliphatic heterocycles. The molecule has 0 aromatic heterocycles. The van der Waals surface area contributed by atoms with Crippen LogP contribution in [0.2, 0.25) is 0 Å². The Labute approximate surface area is 91.4 Å². The van der Waals surface area contributed by atoms with E-state index in [0.717, 1.165) is 0 Å². The van der Waals surface area contributed by atoms with Crippen LogP contribution >= 0.6 is 0 Å². The van der Waals surface area contributed by atoms with Gasteiger partial charge in [0.15, 0.2) is 0 Å². The van der Waals surface area contributed by atoms with Gasteiger partial charge in [-0.2, -0.15) is 0 Å². The molecule has 3 aliphatic rings. The third-order valence-corrected chi connectivity index (χ3v) is 3.80. The van der Waals surface area contributed by atoms with Crippen LogP contribution in [0.3, 0.4) is 0 Å². The summed E-state index contributed by atoms with van der Waals surface area (Å²) in [6.45, 7) is 2.36. The smallest absolute Gasteiger partial charge is 0.00813 e. The molecule has 3 atom stereocenters. The summed E-state index contributed by atoms with van der Waals surface area (Å²) in [7, 11) is 0. The zero-order chi connectivity index (χ0) is 10.3. The van der Waals surface area contributed by atoms with E-state index in [0.29, 0.717) is 17.8 Å². The molecule has 15 heavy (non-hydrogen) atoms. The van der Waals surface area contributed by atoms with Crippen molar-refractivity contribution >= 4 is 0 Å². The van der Waals surface area contributed by atoms with E-state index in [9.17, 15) is 0 Å². The Morgan fingerprint density at radius 3 is 3.07 bits per heavy atom. The molecule has 0 amide bonds. The quantitative estimate of drug-likeness (QED) is 0.552. The van der Waals surface area contributed by atoms with Gasteiger partial charge in [0.2, 0.25) is 0 Å². The minimum absolute atomic E-state index is 0.615. The molecule has 0 N–H and O–H groups in total. The Morgan fingerprint density at radius 1 is 1.20 bits per heavy atom. The first-order chi connectivity index (χ1) is 7.36. The Morgan fingerprint density at radius 2 is 2.13 bits per heavy atom. The van der Waals surface area contributed by atoms with Gasteiger partial charge in [0.25, 0.3) is 0 Å². The van der Waals surface area contributed by atoms with Gasteiger partial charge >= 0.3 is 0 Å². The standard InChI is InChI=1S/C15H16/c1-11-14-8-4-2-6-12(14)10-13-7-3-5-9-15(11)13/h2-6,8-11,13-14H,7H2,1H3. The molecule has 0 radical (unpaired) electrons. The van der Waals surface area contributed by atoms with Gasteiger partial charge in [-0.1, -0.05) is 61.1 Å². The molecule has 0 saturated heterocycles. The Hall–Kier alpha value is -1.30. The Bertz CT molecular complexity index is 415. The summed E-state index contributed by atoms with van der Waals surface area (Å²) >= 11 is 0. The van der Waals surface area contributed by atoms with E-state index in [4.69, 9.17) is 0 Å². The van der Waals surface area contributed by atoms with Gasteiger partial charge in [-0.15, -0.1) is 0 Å². The number of rotatable bonds is 0. The summed E-state index contributed by atoms with van der Waals surface area (Å²) in [5, 5.41) is 0. The van der Waals surface area contributed by atoms with Crippen molar-refractivity contribution in [1.82, 2.24) is 0 Å². The second-order valence-corrected chi connectivity index (χ2v) is 4.66. The third kappa shape index (κ3) is 1.36. The van der Waals surface area contributed by atoms with Gasteiger partial charge in [-0.3, -0.25) is 0 Å². The van der Waals surface area contributed by atoms with Crippen molar-refractivity contribution < 1.29 is 0 Å². The van der Waals surface area contributed by atoms with Crippen molar-refractivity contribution in [2.75, 3.05) is 0 Å². The predicted molar refractivity (Wildman–Crippen MR) is 64.3 cm³/mol. The van der Waals surface area contributed by atoms with Crippen LogP contribution < -0.4 is 0 Å². The first kappa shape index (κ1) is 8.96. The third-order valence-electron chi connectivity index (χ3n) is 3.80. The molecular weight excluding hydrogens is 180 g/mol. The summed E-state index contributed by atoms with van der Waals surface area (Å²) in [5.74, 6) is 1.94. The maximum atomic E-state index is 2.46. The van der Waals surface area contributed by atoms with Crippen LogP contribution in [0.1, 0.15) is 13.3 Å². The minimum atomic E-state index is 0.615. The predicted octanol–water partition coefficient (Wildman–Crippen LogP) is 3.81. The lowest BCUT2D eigenvalue weighted by Crippen LogP contribution is -2.25. The molecule has 0 aromatic carbocycles. The van der Waals surface area contributed by atoms with E-state index in [1.54, 1.807) is 5.57 Å². The summed E-state index contributed by atoms with van der Waals surface area (Å²) in [5.41, 5.74) is 3.13. The van der Waals surface area contributed by atoms with Crippen molar-refractivity contribution in [2.24, 2.45) is 17.8 Å².